The van der Waals surface area contributed by atoms with Crippen molar-refractivity contribution in [2.75, 3.05) is 20.2 Å². The van der Waals surface area contributed by atoms with Crippen molar-refractivity contribution in [3.05, 3.63) is 94.8 Å². The first-order valence-electron chi connectivity index (χ1n) is 14.7. The van der Waals surface area contributed by atoms with Crippen LogP contribution in [-0.2, 0) is 23.1 Å². The van der Waals surface area contributed by atoms with Gasteiger partial charge in [-0.15, -0.1) is 0 Å². The summed E-state index contributed by atoms with van der Waals surface area (Å²) in [5, 5.41) is 0. The third-order valence-corrected chi connectivity index (χ3v) is 7.95. The van der Waals surface area contributed by atoms with Gasteiger partial charge in [-0.25, -0.2) is 19.4 Å². The molecule has 5 aromatic rings. The monoisotopic (exact) mass is 609 g/mol. The number of hydrogen-bond donors (Lipinski definition) is 0. The van der Waals surface area contributed by atoms with Crippen LogP contribution < -0.4 is 5.69 Å². The van der Waals surface area contributed by atoms with Gasteiger partial charge in [0.05, 0.1) is 66.3 Å². The normalized spacial score (nSPS) is 15.4. The maximum Gasteiger partial charge on any atom is 0.357 e. The van der Waals surface area contributed by atoms with Crippen LogP contribution in [0.3, 0.4) is 0 Å². The summed E-state index contributed by atoms with van der Waals surface area (Å²) >= 11 is 0. The van der Waals surface area contributed by atoms with Crippen LogP contribution in [0.1, 0.15) is 59.9 Å². The standard InChI is InChI=1S/C33H35N7O5/c1-33(2,3)45-31(42)28-18-36-29(37(28)4)20-38-15-13-24(19-38)40-27-17-34-14-12-26(27)39(32(40)43)23-10-11-25(35-16-23)21-6-8-22(9-7-21)30(41)44-5/h6-12,14,16-18,24H,13,15,19-20H2,1-5H3/t24-/m0/s1. The summed E-state index contributed by atoms with van der Waals surface area (Å²) < 4.78 is 15.6. The number of benzene rings is 1. The molecule has 12 nitrogen and oxygen atoms in total. The van der Waals surface area contributed by atoms with E-state index in [9.17, 15) is 14.4 Å². The molecule has 45 heavy (non-hydrogen) atoms. The van der Waals surface area contributed by atoms with Crippen LogP contribution >= 0.6 is 0 Å². The molecule has 232 valence electrons. The minimum atomic E-state index is -0.595. The summed E-state index contributed by atoms with van der Waals surface area (Å²) in [6.45, 7) is 7.45. The van der Waals surface area contributed by atoms with Gasteiger partial charge in [0.15, 0.2) is 0 Å². The number of pyridine rings is 2. The highest BCUT2D eigenvalue weighted by Gasteiger charge is 2.30. The number of ether oxygens (including phenoxy) is 2. The minimum Gasteiger partial charge on any atom is -0.465 e. The van der Waals surface area contributed by atoms with Gasteiger partial charge in [-0.05, 0) is 57.5 Å². The molecule has 0 spiro atoms. The first-order chi connectivity index (χ1) is 21.5. The van der Waals surface area contributed by atoms with Crippen LogP contribution in [-0.4, -0.2) is 71.3 Å². The van der Waals surface area contributed by atoms with Gasteiger partial charge in [-0.3, -0.25) is 24.0 Å². The Morgan fingerprint density at radius 1 is 0.956 bits per heavy atom. The molecule has 1 atom stereocenters. The average molecular weight is 610 g/mol. The number of carbonyl (C=O) groups excluding carboxylic acids is 2. The Morgan fingerprint density at radius 3 is 2.42 bits per heavy atom. The topological polar surface area (TPSA) is 126 Å². The van der Waals surface area contributed by atoms with Crippen molar-refractivity contribution in [3.8, 4) is 16.9 Å². The van der Waals surface area contributed by atoms with Crippen LogP contribution in [0.2, 0.25) is 0 Å². The summed E-state index contributed by atoms with van der Waals surface area (Å²) in [4.78, 5) is 54.1. The third-order valence-electron chi connectivity index (χ3n) is 7.95. The highest BCUT2D eigenvalue weighted by molar-refractivity contribution is 5.90. The van der Waals surface area contributed by atoms with E-state index < -0.39 is 17.5 Å². The average Bonchev–Trinajstić information content (AvgIpc) is 3.71. The number of likely N-dealkylation sites (tertiary alicyclic amines) is 1. The van der Waals surface area contributed by atoms with Crippen molar-refractivity contribution >= 4 is 23.0 Å². The molecule has 6 rings (SSSR count). The van der Waals surface area contributed by atoms with E-state index in [0.29, 0.717) is 35.7 Å². The lowest BCUT2D eigenvalue weighted by Gasteiger charge is -2.20. The zero-order valence-electron chi connectivity index (χ0n) is 25.9. The SMILES string of the molecule is COC(=O)c1ccc(-c2ccc(-n3c(=O)n([C@H]4CCN(Cc5ncc(C(=O)OC(C)(C)C)n5C)C4)c4cnccc43)cn2)cc1. The van der Waals surface area contributed by atoms with Crippen molar-refractivity contribution in [3.63, 3.8) is 0 Å². The molecule has 1 aromatic carbocycles. The van der Waals surface area contributed by atoms with Crippen LogP contribution in [0.15, 0.2) is 72.0 Å². The highest BCUT2D eigenvalue weighted by Crippen LogP contribution is 2.28. The Kier molecular flexibility index (Phi) is 7.83. The van der Waals surface area contributed by atoms with E-state index in [2.05, 4.69) is 19.9 Å². The van der Waals surface area contributed by atoms with Crippen molar-refractivity contribution in [1.29, 1.82) is 0 Å². The van der Waals surface area contributed by atoms with E-state index in [1.54, 1.807) is 46.1 Å². The van der Waals surface area contributed by atoms with Gasteiger partial charge in [0.2, 0.25) is 0 Å². The van der Waals surface area contributed by atoms with E-state index in [1.807, 2.05) is 62.7 Å². The van der Waals surface area contributed by atoms with E-state index in [-0.39, 0.29) is 11.7 Å². The second kappa shape index (κ2) is 11.8. The predicted octanol–water partition coefficient (Wildman–Crippen LogP) is 4.17. The molecule has 1 fully saturated rings. The molecule has 1 aliphatic rings. The molecule has 0 radical (unpaired) electrons. The van der Waals surface area contributed by atoms with Gasteiger partial charge in [0, 0.05) is 31.9 Å². The van der Waals surface area contributed by atoms with Crippen LogP contribution in [0.25, 0.3) is 28.0 Å². The van der Waals surface area contributed by atoms with Gasteiger partial charge in [-0.2, -0.15) is 0 Å². The maximum absolute atomic E-state index is 14.0. The van der Waals surface area contributed by atoms with Crippen molar-refractivity contribution in [1.82, 2.24) is 33.6 Å². The minimum absolute atomic E-state index is 0.0726. The fraction of sp³-hybridized carbons (Fsp3) is 0.333. The summed E-state index contributed by atoms with van der Waals surface area (Å²) in [5.41, 5.74) is 3.79. The Balaban J connectivity index is 1.23. The zero-order chi connectivity index (χ0) is 31.9. The molecule has 4 aromatic heterocycles. The van der Waals surface area contributed by atoms with Crippen molar-refractivity contribution < 1.29 is 19.1 Å². The summed E-state index contributed by atoms with van der Waals surface area (Å²) in [7, 11) is 3.16. The third kappa shape index (κ3) is 5.88. The molecule has 0 saturated carbocycles. The number of aromatic nitrogens is 6. The number of methoxy groups -OCH3 is 1. The molecule has 0 N–H and O–H groups in total. The lowest BCUT2D eigenvalue weighted by molar-refractivity contribution is 0.00581. The Morgan fingerprint density at radius 2 is 1.73 bits per heavy atom. The Hall–Kier alpha value is -5.10. The van der Waals surface area contributed by atoms with Crippen molar-refractivity contribution in [2.24, 2.45) is 7.05 Å². The molecule has 12 heteroatoms. The van der Waals surface area contributed by atoms with E-state index in [1.165, 1.54) is 7.11 Å². The maximum atomic E-state index is 14.0. The quantitative estimate of drug-likeness (QED) is 0.250. The smallest absolute Gasteiger partial charge is 0.357 e. The highest BCUT2D eigenvalue weighted by atomic mass is 16.6. The molecule has 0 aliphatic carbocycles. The molecule has 1 aliphatic heterocycles. The lowest BCUT2D eigenvalue weighted by Crippen LogP contribution is -2.29. The molecule has 0 bridgehead atoms. The summed E-state index contributed by atoms with van der Waals surface area (Å²) in [5.74, 6) is -0.0579. The van der Waals surface area contributed by atoms with Crippen LogP contribution in [0.4, 0.5) is 0 Å². The number of rotatable bonds is 7. The number of carbonyl (C=O) groups is 2. The van der Waals surface area contributed by atoms with E-state index >= 15 is 0 Å². The van der Waals surface area contributed by atoms with Gasteiger partial charge in [0.1, 0.15) is 17.1 Å². The predicted molar refractivity (Wildman–Crippen MR) is 167 cm³/mol. The molecule has 1 saturated heterocycles. The Labute approximate surface area is 259 Å². The lowest BCUT2D eigenvalue weighted by atomic mass is 10.1. The number of hydrogen-bond acceptors (Lipinski definition) is 9. The van der Waals surface area contributed by atoms with Gasteiger partial charge >= 0.3 is 17.6 Å². The van der Waals surface area contributed by atoms with Gasteiger partial charge in [0.25, 0.3) is 0 Å². The van der Waals surface area contributed by atoms with Crippen LogP contribution in [0.5, 0.6) is 0 Å². The number of imidazole rings is 2. The number of esters is 2. The fourth-order valence-electron chi connectivity index (χ4n) is 5.74. The number of nitrogens with zero attached hydrogens (tertiary/aromatic N) is 7. The molecule has 5 heterocycles. The number of fused-ring (bicyclic) bond motifs is 1. The van der Waals surface area contributed by atoms with E-state index in [0.717, 1.165) is 35.4 Å². The molecular weight excluding hydrogens is 574 g/mol. The zero-order valence-corrected chi connectivity index (χ0v) is 25.9. The second-order valence-electron chi connectivity index (χ2n) is 12.1. The van der Waals surface area contributed by atoms with Crippen LogP contribution in [0, 0.1) is 0 Å². The summed E-state index contributed by atoms with van der Waals surface area (Å²) in [6, 6.07) is 12.5. The largest absolute Gasteiger partial charge is 0.465 e. The molecular formula is C33H35N7O5. The molecule has 0 unspecified atom stereocenters. The first-order valence-corrected chi connectivity index (χ1v) is 14.7. The first kappa shape index (κ1) is 29.9. The molecule has 0 amide bonds. The second-order valence-corrected chi connectivity index (χ2v) is 12.1. The van der Waals surface area contributed by atoms with Gasteiger partial charge in [-0.1, -0.05) is 12.1 Å². The Bertz CT molecular complexity index is 1930. The van der Waals surface area contributed by atoms with Crippen molar-refractivity contribution in [2.45, 2.75) is 45.4 Å². The van der Waals surface area contributed by atoms with E-state index in [4.69, 9.17) is 9.47 Å². The fourth-order valence-corrected chi connectivity index (χ4v) is 5.74. The summed E-state index contributed by atoms with van der Waals surface area (Å²) in [6.07, 6.45) is 7.41. The van der Waals surface area contributed by atoms with Gasteiger partial charge < -0.3 is 14.0 Å².